The number of hydrogen-bond acceptors (Lipinski definition) is 5. The quantitative estimate of drug-likeness (QED) is 0.899. The van der Waals surface area contributed by atoms with Crippen LogP contribution < -0.4 is 0 Å². The fourth-order valence-corrected chi connectivity index (χ4v) is 3.98. The topological polar surface area (TPSA) is 70.1 Å². The highest BCUT2D eigenvalue weighted by Crippen LogP contribution is 2.33. The van der Waals surface area contributed by atoms with Crippen LogP contribution in [-0.2, 0) is 20.9 Å². The Morgan fingerprint density at radius 3 is 2.86 bits per heavy atom. The summed E-state index contributed by atoms with van der Waals surface area (Å²) in [5, 5.41) is 11.3. The molecule has 7 heteroatoms. The summed E-state index contributed by atoms with van der Waals surface area (Å²) >= 11 is 1.74. The second-order valence-corrected chi connectivity index (χ2v) is 7.07. The minimum Gasteiger partial charge on any atom is -0.480 e. The van der Waals surface area contributed by atoms with Gasteiger partial charge in [-0.2, -0.15) is 0 Å². The summed E-state index contributed by atoms with van der Waals surface area (Å²) in [4.78, 5) is 28.0. The molecule has 2 aliphatic rings. The number of amides is 1. The summed E-state index contributed by atoms with van der Waals surface area (Å²) in [6.07, 6.45) is 0.692. The van der Waals surface area contributed by atoms with Gasteiger partial charge in [-0.05, 0) is 17.9 Å². The van der Waals surface area contributed by atoms with Crippen LogP contribution in [0.15, 0.2) is 17.5 Å². The third kappa shape index (κ3) is 3.02. The molecular weight excluding hydrogens is 304 g/mol. The van der Waals surface area contributed by atoms with Crippen LogP contribution in [0.25, 0.3) is 0 Å². The molecule has 3 rings (SSSR count). The van der Waals surface area contributed by atoms with Gasteiger partial charge in [-0.3, -0.25) is 9.69 Å². The van der Waals surface area contributed by atoms with Crippen LogP contribution >= 0.6 is 11.3 Å². The highest BCUT2D eigenvalue weighted by atomic mass is 32.1. The van der Waals surface area contributed by atoms with Gasteiger partial charge in [0, 0.05) is 38.0 Å². The van der Waals surface area contributed by atoms with Crippen LogP contribution in [0.1, 0.15) is 18.2 Å². The fourth-order valence-electron chi connectivity index (χ4n) is 3.23. The molecule has 22 heavy (non-hydrogen) atoms. The number of thiophene rings is 1. The Morgan fingerprint density at radius 2 is 2.27 bits per heavy atom. The number of carbonyl (C=O) groups excluding carboxylic acids is 1. The molecule has 1 N–H and O–H groups in total. The lowest BCUT2D eigenvalue weighted by atomic mass is 9.90. The Hall–Kier alpha value is -1.44. The van der Waals surface area contributed by atoms with E-state index in [0.717, 1.165) is 19.6 Å². The van der Waals surface area contributed by atoms with Crippen molar-refractivity contribution >= 4 is 23.2 Å². The molecule has 2 fully saturated rings. The molecular formula is C15H20N2O4S. The molecule has 0 aromatic carbocycles. The van der Waals surface area contributed by atoms with Crippen LogP contribution in [0.3, 0.4) is 0 Å². The number of rotatable bonds is 3. The molecule has 3 heterocycles. The number of hydrogen-bond donors (Lipinski definition) is 1. The van der Waals surface area contributed by atoms with Gasteiger partial charge in [0.05, 0.1) is 12.2 Å². The van der Waals surface area contributed by atoms with Gasteiger partial charge in [-0.15, -0.1) is 11.3 Å². The van der Waals surface area contributed by atoms with Crippen molar-refractivity contribution in [3.63, 3.8) is 0 Å². The van der Waals surface area contributed by atoms with E-state index < -0.39 is 12.0 Å². The van der Waals surface area contributed by atoms with Gasteiger partial charge in [0.1, 0.15) is 0 Å². The van der Waals surface area contributed by atoms with Gasteiger partial charge in [-0.1, -0.05) is 6.07 Å². The highest BCUT2D eigenvalue weighted by Gasteiger charge is 2.47. The van der Waals surface area contributed by atoms with E-state index in [1.54, 1.807) is 11.3 Å². The first-order chi connectivity index (χ1) is 10.5. The average Bonchev–Trinajstić information content (AvgIpc) is 2.82. The van der Waals surface area contributed by atoms with Crippen LogP contribution in [0.5, 0.6) is 0 Å². The number of carboxylic acid groups (broad SMARTS) is 1. The molecule has 0 saturated carbocycles. The summed E-state index contributed by atoms with van der Waals surface area (Å²) in [5.74, 6) is -1.20. The molecule has 0 radical (unpaired) electrons. The van der Waals surface area contributed by atoms with Gasteiger partial charge in [0.15, 0.2) is 6.04 Å². The van der Waals surface area contributed by atoms with Gasteiger partial charge in [0.2, 0.25) is 5.91 Å². The molecule has 120 valence electrons. The second kappa shape index (κ2) is 5.98. The molecule has 1 spiro atoms. The molecule has 0 bridgehead atoms. The van der Waals surface area contributed by atoms with Crippen LogP contribution in [0, 0.1) is 0 Å². The molecule has 1 atom stereocenters. The largest absolute Gasteiger partial charge is 0.480 e. The van der Waals surface area contributed by atoms with Crippen molar-refractivity contribution in [1.29, 1.82) is 0 Å². The zero-order chi connectivity index (χ0) is 15.7. The highest BCUT2D eigenvalue weighted by molar-refractivity contribution is 7.09. The average molecular weight is 324 g/mol. The number of nitrogens with zero attached hydrogens (tertiary/aromatic N) is 2. The van der Waals surface area contributed by atoms with E-state index in [2.05, 4.69) is 16.3 Å². The lowest BCUT2D eigenvalue weighted by Crippen LogP contribution is -2.62. The third-order valence-corrected chi connectivity index (χ3v) is 5.27. The summed E-state index contributed by atoms with van der Waals surface area (Å²) in [6.45, 7) is 4.42. The molecule has 0 aliphatic carbocycles. The summed E-state index contributed by atoms with van der Waals surface area (Å²) in [5.41, 5.74) is -0.296. The zero-order valence-electron chi connectivity index (χ0n) is 12.5. The number of carboxylic acids is 1. The van der Waals surface area contributed by atoms with Crippen molar-refractivity contribution in [3.05, 3.63) is 22.4 Å². The summed E-state index contributed by atoms with van der Waals surface area (Å²) in [6, 6.07) is 3.28. The van der Waals surface area contributed by atoms with Crippen LogP contribution in [0.4, 0.5) is 0 Å². The molecule has 2 aliphatic heterocycles. The standard InChI is InChI=1S/C15H20N2O4S/c1-11(18)17-5-4-15(21-8-13(17)14(19)20)9-16(10-15)7-12-3-2-6-22-12/h2-3,6,13H,4-5,7-10H2,1H3,(H,19,20). The first kappa shape index (κ1) is 15.5. The first-order valence-corrected chi connectivity index (χ1v) is 8.26. The maximum Gasteiger partial charge on any atom is 0.328 e. The third-order valence-electron chi connectivity index (χ3n) is 4.40. The number of ether oxygens (including phenoxy) is 1. The smallest absolute Gasteiger partial charge is 0.328 e. The molecule has 1 unspecified atom stereocenters. The van der Waals surface area contributed by atoms with Gasteiger partial charge in [-0.25, -0.2) is 4.79 Å². The molecule has 1 aromatic heterocycles. The van der Waals surface area contributed by atoms with E-state index in [0.29, 0.717) is 13.0 Å². The summed E-state index contributed by atoms with van der Waals surface area (Å²) in [7, 11) is 0. The monoisotopic (exact) mass is 324 g/mol. The Morgan fingerprint density at radius 1 is 1.50 bits per heavy atom. The maximum atomic E-state index is 11.7. The number of carbonyl (C=O) groups is 2. The summed E-state index contributed by atoms with van der Waals surface area (Å²) < 4.78 is 5.92. The minimum absolute atomic E-state index is 0.0712. The Balaban J connectivity index is 1.61. The van der Waals surface area contributed by atoms with E-state index in [9.17, 15) is 14.7 Å². The zero-order valence-corrected chi connectivity index (χ0v) is 13.3. The van der Waals surface area contributed by atoms with E-state index in [4.69, 9.17) is 4.74 Å². The molecule has 1 aromatic rings. The van der Waals surface area contributed by atoms with E-state index in [1.165, 1.54) is 16.7 Å². The predicted molar refractivity (Wildman–Crippen MR) is 81.7 cm³/mol. The first-order valence-electron chi connectivity index (χ1n) is 7.38. The van der Waals surface area contributed by atoms with Crippen LogP contribution in [-0.4, -0.2) is 64.7 Å². The lowest BCUT2D eigenvalue weighted by Gasteiger charge is -2.49. The Labute approximate surface area is 133 Å². The van der Waals surface area contributed by atoms with Crippen molar-refractivity contribution < 1.29 is 19.4 Å². The SMILES string of the molecule is CC(=O)N1CCC2(CN(Cc3cccs3)C2)OCC1C(=O)O. The van der Waals surface area contributed by atoms with Crippen molar-refractivity contribution in [2.24, 2.45) is 0 Å². The maximum absolute atomic E-state index is 11.7. The van der Waals surface area contributed by atoms with Crippen molar-refractivity contribution in [2.75, 3.05) is 26.2 Å². The van der Waals surface area contributed by atoms with Gasteiger partial charge < -0.3 is 14.7 Å². The van der Waals surface area contributed by atoms with E-state index in [1.807, 2.05) is 6.07 Å². The van der Waals surface area contributed by atoms with Crippen molar-refractivity contribution in [2.45, 2.75) is 31.5 Å². The molecule has 6 nitrogen and oxygen atoms in total. The predicted octanol–water partition coefficient (Wildman–Crippen LogP) is 1.02. The van der Waals surface area contributed by atoms with Gasteiger partial charge >= 0.3 is 5.97 Å². The van der Waals surface area contributed by atoms with Crippen LogP contribution in [0.2, 0.25) is 0 Å². The second-order valence-electron chi connectivity index (χ2n) is 6.03. The van der Waals surface area contributed by atoms with E-state index in [-0.39, 0.29) is 18.1 Å². The fraction of sp³-hybridized carbons (Fsp3) is 0.600. The van der Waals surface area contributed by atoms with E-state index >= 15 is 0 Å². The van der Waals surface area contributed by atoms with Gasteiger partial charge in [0.25, 0.3) is 0 Å². The molecule has 1 amide bonds. The molecule has 2 saturated heterocycles. The Kier molecular flexibility index (Phi) is 4.20. The minimum atomic E-state index is -0.998. The van der Waals surface area contributed by atoms with Crippen molar-refractivity contribution in [1.82, 2.24) is 9.80 Å². The lowest BCUT2D eigenvalue weighted by molar-refractivity contribution is -0.160. The number of likely N-dealkylation sites (tertiary alicyclic amines) is 1. The van der Waals surface area contributed by atoms with Crippen molar-refractivity contribution in [3.8, 4) is 0 Å². The Bertz CT molecular complexity index is 528. The number of aliphatic carboxylic acids is 1. The normalized spacial score (nSPS) is 24.8.